The minimum Gasteiger partial charge on any atom is -0.409 e. The van der Waals surface area contributed by atoms with Crippen molar-refractivity contribution < 1.29 is 14.7 Å². The van der Waals surface area contributed by atoms with E-state index in [-0.39, 0.29) is 11.7 Å². The molecule has 6 heteroatoms. The zero-order chi connectivity index (χ0) is 14.5. The van der Waals surface area contributed by atoms with Crippen LogP contribution in [0.25, 0.3) is 0 Å². The molecule has 1 atom stereocenters. The van der Waals surface area contributed by atoms with Crippen molar-refractivity contribution >= 4 is 17.4 Å². The van der Waals surface area contributed by atoms with Crippen molar-refractivity contribution in [3.8, 4) is 0 Å². The minimum absolute atomic E-state index is 0.0634. The van der Waals surface area contributed by atoms with E-state index < -0.39 is 5.60 Å². The summed E-state index contributed by atoms with van der Waals surface area (Å²) in [4.78, 5) is 12.2. The molecular formula is C13H19N3O3. The Labute approximate surface area is 112 Å². The maximum absolute atomic E-state index is 12.2. The van der Waals surface area contributed by atoms with E-state index in [1.54, 1.807) is 31.2 Å². The summed E-state index contributed by atoms with van der Waals surface area (Å²) in [6.45, 7) is 3.56. The van der Waals surface area contributed by atoms with Crippen LogP contribution in [-0.4, -0.2) is 29.7 Å². The molecule has 1 aromatic rings. The van der Waals surface area contributed by atoms with Gasteiger partial charge in [0.05, 0.1) is 5.69 Å². The van der Waals surface area contributed by atoms with E-state index in [4.69, 9.17) is 15.7 Å². The third-order valence-electron chi connectivity index (χ3n) is 3.16. The van der Waals surface area contributed by atoms with Gasteiger partial charge in [-0.25, -0.2) is 0 Å². The number of carbonyl (C=O) groups excluding carboxylic acids is 1. The number of para-hydroxylation sites is 1. The lowest BCUT2D eigenvalue weighted by molar-refractivity contribution is -0.136. The maximum Gasteiger partial charge on any atom is 0.256 e. The number of amidine groups is 1. The summed E-state index contributed by atoms with van der Waals surface area (Å²) in [5, 5.41) is 14.4. The third-order valence-corrected chi connectivity index (χ3v) is 3.16. The first kappa shape index (κ1) is 15.0. The van der Waals surface area contributed by atoms with Crippen LogP contribution in [0.4, 0.5) is 5.69 Å². The van der Waals surface area contributed by atoms with Gasteiger partial charge in [0, 0.05) is 12.7 Å². The zero-order valence-electron chi connectivity index (χ0n) is 11.3. The molecule has 0 aliphatic carbocycles. The van der Waals surface area contributed by atoms with E-state index in [2.05, 4.69) is 10.5 Å². The first-order valence-electron chi connectivity index (χ1n) is 5.92. The average Bonchev–Trinajstić information content (AvgIpc) is 2.46. The summed E-state index contributed by atoms with van der Waals surface area (Å²) in [7, 11) is 1.48. The molecule has 0 fully saturated rings. The zero-order valence-corrected chi connectivity index (χ0v) is 11.3. The van der Waals surface area contributed by atoms with E-state index in [0.717, 1.165) is 0 Å². The van der Waals surface area contributed by atoms with E-state index in [9.17, 15) is 4.79 Å². The molecule has 6 nitrogen and oxygen atoms in total. The molecule has 0 bridgehead atoms. The highest BCUT2D eigenvalue weighted by atomic mass is 16.5. The number of benzene rings is 1. The van der Waals surface area contributed by atoms with Crippen LogP contribution in [0.1, 0.15) is 25.8 Å². The predicted octanol–water partition coefficient (Wildman–Crippen LogP) is 1.53. The summed E-state index contributed by atoms with van der Waals surface area (Å²) >= 11 is 0. The maximum atomic E-state index is 12.2. The molecule has 0 aromatic heterocycles. The van der Waals surface area contributed by atoms with Crippen LogP contribution >= 0.6 is 0 Å². The van der Waals surface area contributed by atoms with Crippen LogP contribution in [0.5, 0.6) is 0 Å². The molecule has 0 radical (unpaired) electrons. The summed E-state index contributed by atoms with van der Waals surface area (Å²) in [6, 6.07) is 6.82. The molecular weight excluding hydrogens is 246 g/mol. The normalized spacial score (nSPS) is 14.8. The van der Waals surface area contributed by atoms with Crippen molar-refractivity contribution in [2.45, 2.75) is 25.9 Å². The lowest BCUT2D eigenvalue weighted by Crippen LogP contribution is -2.41. The first-order valence-corrected chi connectivity index (χ1v) is 5.92. The molecule has 1 amide bonds. The topological polar surface area (TPSA) is 96.9 Å². The van der Waals surface area contributed by atoms with E-state index in [0.29, 0.717) is 17.7 Å². The molecule has 1 rings (SSSR count). The van der Waals surface area contributed by atoms with Gasteiger partial charge < -0.3 is 21.0 Å². The lowest BCUT2D eigenvalue weighted by Gasteiger charge is -2.25. The highest BCUT2D eigenvalue weighted by Crippen LogP contribution is 2.20. The van der Waals surface area contributed by atoms with Crippen LogP contribution in [0.15, 0.2) is 29.4 Å². The molecule has 19 heavy (non-hydrogen) atoms. The number of anilines is 1. The number of oxime groups is 1. The van der Waals surface area contributed by atoms with Gasteiger partial charge in [0.1, 0.15) is 5.60 Å². The van der Waals surface area contributed by atoms with Crippen LogP contribution in [-0.2, 0) is 9.53 Å². The monoisotopic (exact) mass is 265 g/mol. The predicted molar refractivity (Wildman–Crippen MR) is 73.3 cm³/mol. The van der Waals surface area contributed by atoms with Gasteiger partial charge in [-0.15, -0.1) is 0 Å². The number of nitrogens with zero attached hydrogens (tertiary/aromatic N) is 1. The van der Waals surface area contributed by atoms with Gasteiger partial charge in [0.15, 0.2) is 5.84 Å². The van der Waals surface area contributed by atoms with E-state index in [1.807, 2.05) is 6.92 Å². The van der Waals surface area contributed by atoms with Crippen LogP contribution in [0, 0.1) is 0 Å². The highest BCUT2D eigenvalue weighted by Gasteiger charge is 2.31. The molecule has 104 valence electrons. The summed E-state index contributed by atoms with van der Waals surface area (Å²) < 4.78 is 5.22. The van der Waals surface area contributed by atoms with Gasteiger partial charge in [0.2, 0.25) is 0 Å². The number of nitrogens with two attached hydrogens (primary N) is 1. The summed E-state index contributed by atoms with van der Waals surface area (Å²) in [5.74, 6) is -0.345. The SMILES string of the molecule is CCC(C)(OC)C(=O)Nc1ccccc1/C(N)=N/O. The largest absolute Gasteiger partial charge is 0.409 e. The third kappa shape index (κ3) is 3.23. The molecule has 0 saturated heterocycles. The molecule has 0 heterocycles. The van der Waals surface area contributed by atoms with Gasteiger partial charge >= 0.3 is 0 Å². The second kappa shape index (κ2) is 6.19. The fraction of sp³-hybridized carbons (Fsp3) is 0.385. The van der Waals surface area contributed by atoms with Crippen molar-refractivity contribution in [2.75, 3.05) is 12.4 Å². The fourth-order valence-corrected chi connectivity index (χ4v) is 1.52. The Morgan fingerprint density at radius 3 is 2.68 bits per heavy atom. The van der Waals surface area contributed by atoms with Crippen molar-refractivity contribution in [1.29, 1.82) is 0 Å². The van der Waals surface area contributed by atoms with Crippen molar-refractivity contribution in [1.82, 2.24) is 0 Å². The van der Waals surface area contributed by atoms with Crippen molar-refractivity contribution in [3.05, 3.63) is 29.8 Å². The first-order chi connectivity index (χ1) is 8.98. The highest BCUT2D eigenvalue weighted by molar-refractivity contribution is 6.06. The lowest BCUT2D eigenvalue weighted by atomic mass is 10.0. The second-order valence-electron chi connectivity index (χ2n) is 4.27. The van der Waals surface area contributed by atoms with Crippen molar-refractivity contribution in [2.24, 2.45) is 10.9 Å². The minimum atomic E-state index is -0.918. The number of hydrogen-bond donors (Lipinski definition) is 3. The summed E-state index contributed by atoms with van der Waals surface area (Å²) in [6.07, 6.45) is 0.529. The second-order valence-corrected chi connectivity index (χ2v) is 4.27. The van der Waals surface area contributed by atoms with E-state index in [1.165, 1.54) is 7.11 Å². The molecule has 0 aliphatic rings. The molecule has 0 saturated carbocycles. The van der Waals surface area contributed by atoms with Crippen LogP contribution in [0.3, 0.4) is 0 Å². The van der Waals surface area contributed by atoms with E-state index >= 15 is 0 Å². The number of hydrogen-bond acceptors (Lipinski definition) is 4. The average molecular weight is 265 g/mol. The number of methoxy groups -OCH3 is 1. The van der Waals surface area contributed by atoms with Gasteiger partial charge in [0.25, 0.3) is 5.91 Å². The summed E-state index contributed by atoms with van der Waals surface area (Å²) in [5.41, 5.74) is 5.57. The molecule has 0 spiro atoms. The number of ether oxygens (including phenoxy) is 1. The molecule has 4 N–H and O–H groups in total. The number of nitrogens with one attached hydrogen (secondary N) is 1. The Morgan fingerprint density at radius 1 is 1.53 bits per heavy atom. The fourth-order valence-electron chi connectivity index (χ4n) is 1.52. The Hall–Kier alpha value is -2.08. The van der Waals surface area contributed by atoms with Crippen LogP contribution < -0.4 is 11.1 Å². The smallest absolute Gasteiger partial charge is 0.256 e. The Bertz CT molecular complexity index is 482. The molecule has 0 aliphatic heterocycles. The standard InChI is InChI=1S/C13H19N3O3/c1-4-13(2,19-3)12(17)15-10-8-6-5-7-9(10)11(14)16-18/h5-8,18H,4H2,1-3H3,(H2,14,16)(H,15,17). The Balaban J connectivity index is 3.04. The van der Waals surface area contributed by atoms with Gasteiger partial charge in [-0.1, -0.05) is 24.2 Å². The van der Waals surface area contributed by atoms with Gasteiger partial charge in [-0.3, -0.25) is 4.79 Å². The van der Waals surface area contributed by atoms with Crippen LogP contribution in [0.2, 0.25) is 0 Å². The number of amides is 1. The van der Waals surface area contributed by atoms with Crippen molar-refractivity contribution in [3.63, 3.8) is 0 Å². The Kier molecular flexibility index (Phi) is 4.88. The number of carbonyl (C=O) groups is 1. The Morgan fingerprint density at radius 2 is 2.16 bits per heavy atom. The van der Waals surface area contributed by atoms with Gasteiger partial charge in [-0.05, 0) is 25.5 Å². The van der Waals surface area contributed by atoms with Gasteiger partial charge in [-0.2, -0.15) is 0 Å². The molecule has 1 unspecified atom stereocenters. The molecule has 1 aromatic carbocycles. The quantitative estimate of drug-likeness (QED) is 0.325. The number of rotatable bonds is 5.